The van der Waals surface area contributed by atoms with Gasteiger partial charge in [-0.3, -0.25) is 9.59 Å². The minimum atomic E-state index is -0.345. The van der Waals surface area contributed by atoms with Crippen molar-refractivity contribution in [2.75, 3.05) is 13.6 Å². The standard InChI is InChI=1S/C10H13N3O2/c1-7-4-3-5-8(13-7)10(15)12-6-9(14)11-2/h3-5H,6H2,1-2H3,(H,11,14)(H,12,15). The van der Waals surface area contributed by atoms with Crippen molar-refractivity contribution in [3.05, 3.63) is 29.6 Å². The first-order valence-corrected chi connectivity index (χ1v) is 4.56. The number of carbonyl (C=O) groups excluding carboxylic acids is 2. The van der Waals surface area contributed by atoms with Crippen LogP contribution >= 0.6 is 0 Å². The van der Waals surface area contributed by atoms with Gasteiger partial charge in [0.05, 0.1) is 6.54 Å². The number of hydrogen-bond acceptors (Lipinski definition) is 3. The summed E-state index contributed by atoms with van der Waals surface area (Å²) in [6, 6.07) is 5.15. The summed E-state index contributed by atoms with van der Waals surface area (Å²) in [5.74, 6) is -0.585. The number of rotatable bonds is 3. The van der Waals surface area contributed by atoms with Crippen molar-refractivity contribution in [3.63, 3.8) is 0 Å². The maximum absolute atomic E-state index is 11.5. The Kier molecular flexibility index (Phi) is 3.79. The Morgan fingerprint density at radius 1 is 1.40 bits per heavy atom. The number of nitrogens with one attached hydrogen (secondary N) is 2. The highest BCUT2D eigenvalue weighted by molar-refractivity contribution is 5.94. The Morgan fingerprint density at radius 3 is 2.73 bits per heavy atom. The van der Waals surface area contributed by atoms with Crippen LogP contribution in [0.15, 0.2) is 18.2 Å². The highest BCUT2D eigenvalue weighted by Gasteiger charge is 2.07. The van der Waals surface area contributed by atoms with Crippen molar-refractivity contribution in [3.8, 4) is 0 Å². The van der Waals surface area contributed by atoms with Crippen molar-refractivity contribution in [2.45, 2.75) is 6.92 Å². The minimum absolute atomic E-state index is 0.0368. The number of likely N-dealkylation sites (N-methyl/N-ethyl adjacent to an activating group) is 1. The SMILES string of the molecule is CNC(=O)CNC(=O)c1cccc(C)n1. The first-order valence-electron chi connectivity index (χ1n) is 4.56. The molecule has 80 valence electrons. The van der Waals surface area contributed by atoms with Crippen LogP contribution in [-0.4, -0.2) is 30.4 Å². The van der Waals surface area contributed by atoms with Gasteiger partial charge in [0.1, 0.15) is 5.69 Å². The van der Waals surface area contributed by atoms with E-state index in [9.17, 15) is 9.59 Å². The van der Waals surface area contributed by atoms with Crippen LogP contribution < -0.4 is 10.6 Å². The van der Waals surface area contributed by atoms with E-state index in [1.165, 1.54) is 7.05 Å². The average Bonchev–Trinajstić information content (AvgIpc) is 2.25. The van der Waals surface area contributed by atoms with Gasteiger partial charge in [-0.05, 0) is 19.1 Å². The van der Waals surface area contributed by atoms with Gasteiger partial charge in [-0.1, -0.05) is 6.07 Å². The lowest BCUT2D eigenvalue weighted by molar-refractivity contribution is -0.119. The molecule has 0 aliphatic rings. The number of hydrogen-bond donors (Lipinski definition) is 2. The predicted molar refractivity (Wildman–Crippen MR) is 55.4 cm³/mol. The van der Waals surface area contributed by atoms with Crippen LogP contribution in [0.2, 0.25) is 0 Å². The van der Waals surface area contributed by atoms with Crippen LogP contribution in [0.5, 0.6) is 0 Å². The van der Waals surface area contributed by atoms with Gasteiger partial charge >= 0.3 is 0 Å². The molecule has 1 aromatic heterocycles. The summed E-state index contributed by atoms with van der Waals surface area (Å²) in [4.78, 5) is 26.4. The van der Waals surface area contributed by atoms with E-state index < -0.39 is 0 Å². The van der Waals surface area contributed by atoms with Crippen LogP contribution in [0.4, 0.5) is 0 Å². The van der Waals surface area contributed by atoms with E-state index in [2.05, 4.69) is 15.6 Å². The number of carbonyl (C=O) groups is 2. The fourth-order valence-electron chi connectivity index (χ4n) is 1.01. The van der Waals surface area contributed by atoms with Gasteiger partial charge in [0.2, 0.25) is 5.91 Å². The summed E-state index contributed by atoms with van der Waals surface area (Å²) in [5, 5.41) is 4.87. The molecule has 1 aromatic rings. The Balaban J connectivity index is 2.58. The molecule has 0 radical (unpaired) electrons. The van der Waals surface area contributed by atoms with E-state index in [1.807, 2.05) is 0 Å². The zero-order valence-corrected chi connectivity index (χ0v) is 8.70. The van der Waals surface area contributed by atoms with Gasteiger partial charge in [-0.15, -0.1) is 0 Å². The largest absolute Gasteiger partial charge is 0.358 e. The summed E-state index contributed by atoms with van der Waals surface area (Å²) >= 11 is 0. The van der Waals surface area contributed by atoms with Gasteiger partial charge in [0, 0.05) is 12.7 Å². The number of nitrogens with zero attached hydrogens (tertiary/aromatic N) is 1. The molecule has 0 atom stereocenters. The lowest BCUT2D eigenvalue weighted by atomic mass is 10.3. The maximum atomic E-state index is 11.5. The molecular formula is C10H13N3O2. The smallest absolute Gasteiger partial charge is 0.270 e. The van der Waals surface area contributed by atoms with Crippen molar-refractivity contribution >= 4 is 11.8 Å². The van der Waals surface area contributed by atoms with E-state index in [4.69, 9.17) is 0 Å². The Bertz CT molecular complexity index is 377. The molecule has 15 heavy (non-hydrogen) atoms. The first kappa shape index (κ1) is 11.2. The Morgan fingerprint density at radius 2 is 2.13 bits per heavy atom. The summed E-state index contributed by atoms with van der Waals surface area (Å²) in [5.41, 5.74) is 1.08. The summed E-state index contributed by atoms with van der Waals surface area (Å²) in [6.07, 6.45) is 0. The minimum Gasteiger partial charge on any atom is -0.358 e. The van der Waals surface area contributed by atoms with Gasteiger partial charge in [0.15, 0.2) is 0 Å². The number of pyridine rings is 1. The molecule has 0 fully saturated rings. The Labute approximate surface area is 87.9 Å². The molecule has 0 aliphatic carbocycles. The summed E-state index contributed by atoms with van der Waals surface area (Å²) in [7, 11) is 1.51. The van der Waals surface area contributed by atoms with Crippen LogP contribution in [-0.2, 0) is 4.79 Å². The molecule has 5 nitrogen and oxygen atoms in total. The lowest BCUT2D eigenvalue weighted by Crippen LogP contribution is -2.35. The second kappa shape index (κ2) is 5.09. The lowest BCUT2D eigenvalue weighted by Gasteiger charge is -2.03. The fourth-order valence-corrected chi connectivity index (χ4v) is 1.01. The van der Waals surface area contributed by atoms with E-state index in [0.717, 1.165) is 5.69 Å². The van der Waals surface area contributed by atoms with Crippen LogP contribution in [0.25, 0.3) is 0 Å². The quantitative estimate of drug-likeness (QED) is 0.725. The van der Waals surface area contributed by atoms with Crippen molar-refractivity contribution < 1.29 is 9.59 Å². The zero-order valence-electron chi connectivity index (χ0n) is 8.70. The molecular weight excluding hydrogens is 194 g/mol. The molecule has 1 heterocycles. The molecule has 0 unspecified atom stereocenters. The number of aryl methyl sites for hydroxylation is 1. The molecule has 2 amide bonds. The van der Waals surface area contributed by atoms with Crippen LogP contribution in [0, 0.1) is 6.92 Å². The molecule has 0 bridgehead atoms. The molecule has 5 heteroatoms. The van der Waals surface area contributed by atoms with Crippen molar-refractivity contribution in [2.24, 2.45) is 0 Å². The Hall–Kier alpha value is -1.91. The highest BCUT2D eigenvalue weighted by atomic mass is 16.2. The topological polar surface area (TPSA) is 71.1 Å². The van der Waals surface area contributed by atoms with Gasteiger partial charge in [0.25, 0.3) is 5.91 Å². The molecule has 0 aliphatic heterocycles. The second-order valence-corrected chi connectivity index (χ2v) is 3.02. The van der Waals surface area contributed by atoms with Crippen molar-refractivity contribution in [1.82, 2.24) is 15.6 Å². The van der Waals surface area contributed by atoms with E-state index in [-0.39, 0.29) is 18.4 Å². The molecule has 0 saturated heterocycles. The third-order valence-corrected chi connectivity index (χ3v) is 1.81. The average molecular weight is 207 g/mol. The normalized spacial score (nSPS) is 9.47. The fraction of sp³-hybridized carbons (Fsp3) is 0.300. The predicted octanol–water partition coefficient (Wildman–Crippen LogP) is -0.134. The van der Waals surface area contributed by atoms with Gasteiger partial charge in [-0.2, -0.15) is 0 Å². The highest BCUT2D eigenvalue weighted by Crippen LogP contribution is 1.97. The number of aromatic nitrogens is 1. The summed E-state index contributed by atoms with van der Waals surface area (Å²) < 4.78 is 0. The third kappa shape index (κ3) is 3.38. The number of amides is 2. The monoisotopic (exact) mass is 207 g/mol. The van der Waals surface area contributed by atoms with Crippen LogP contribution in [0.1, 0.15) is 16.2 Å². The van der Waals surface area contributed by atoms with Gasteiger partial charge < -0.3 is 10.6 Å². The molecule has 0 saturated carbocycles. The molecule has 0 aromatic carbocycles. The van der Waals surface area contributed by atoms with E-state index in [1.54, 1.807) is 25.1 Å². The third-order valence-electron chi connectivity index (χ3n) is 1.81. The second-order valence-electron chi connectivity index (χ2n) is 3.02. The van der Waals surface area contributed by atoms with Crippen molar-refractivity contribution in [1.29, 1.82) is 0 Å². The van der Waals surface area contributed by atoms with Crippen LogP contribution in [0.3, 0.4) is 0 Å². The molecule has 2 N–H and O–H groups in total. The molecule has 0 spiro atoms. The molecule has 1 rings (SSSR count). The van der Waals surface area contributed by atoms with Gasteiger partial charge in [-0.25, -0.2) is 4.98 Å². The summed E-state index contributed by atoms with van der Waals surface area (Å²) in [6.45, 7) is 1.76. The zero-order chi connectivity index (χ0) is 11.3. The van der Waals surface area contributed by atoms with E-state index in [0.29, 0.717) is 5.69 Å². The first-order chi connectivity index (χ1) is 7.13. The van der Waals surface area contributed by atoms with E-state index >= 15 is 0 Å². The maximum Gasteiger partial charge on any atom is 0.270 e.